The van der Waals surface area contributed by atoms with Gasteiger partial charge in [0.1, 0.15) is 11.8 Å². The van der Waals surface area contributed by atoms with Gasteiger partial charge in [-0.15, -0.1) is 0 Å². The molecule has 3 rings (SSSR count). The molecular weight excluding hydrogens is 322 g/mol. The zero-order valence-corrected chi connectivity index (χ0v) is 14.5. The molecule has 3 amide bonds. The van der Waals surface area contributed by atoms with Crippen LogP contribution < -0.4 is 10.6 Å². The number of fused-ring (bicyclic) bond motifs is 1. The molecule has 3 N–H and O–H groups in total. The zero-order valence-electron chi connectivity index (χ0n) is 14.5. The number of furan rings is 1. The average molecular weight is 345 g/mol. The normalized spacial score (nSPS) is 17.6. The van der Waals surface area contributed by atoms with E-state index in [1.807, 2.05) is 26.0 Å². The topological polar surface area (TPSA) is 94.8 Å². The maximum atomic E-state index is 12.7. The van der Waals surface area contributed by atoms with Crippen molar-refractivity contribution in [2.75, 3.05) is 25.0 Å². The first kappa shape index (κ1) is 17.3. The molecule has 0 aliphatic carbocycles. The summed E-state index contributed by atoms with van der Waals surface area (Å²) < 4.78 is 5.91. The largest absolute Gasteiger partial charge is 0.459 e. The molecule has 134 valence electrons. The summed E-state index contributed by atoms with van der Waals surface area (Å²) >= 11 is 0. The van der Waals surface area contributed by atoms with Gasteiger partial charge in [0.05, 0.1) is 5.69 Å². The van der Waals surface area contributed by atoms with E-state index < -0.39 is 6.04 Å². The van der Waals surface area contributed by atoms with Crippen molar-refractivity contribution in [1.82, 2.24) is 10.2 Å². The molecule has 1 unspecified atom stereocenters. The predicted molar refractivity (Wildman–Crippen MR) is 94.6 cm³/mol. The van der Waals surface area contributed by atoms with Gasteiger partial charge < -0.3 is 25.1 Å². The Kier molecular flexibility index (Phi) is 4.94. The molecule has 1 aliphatic heterocycles. The Morgan fingerprint density at radius 1 is 1.48 bits per heavy atom. The first-order valence-corrected chi connectivity index (χ1v) is 8.54. The fraction of sp³-hybridized carbons (Fsp3) is 0.444. The van der Waals surface area contributed by atoms with Crippen LogP contribution in [0.15, 0.2) is 22.6 Å². The molecule has 7 nitrogen and oxygen atoms in total. The van der Waals surface area contributed by atoms with Gasteiger partial charge in [0, 0.05) is 31.5 Å². The fourth-order valence-corrected chi connectivity index (χ4v) is 3.28. The van der Waals surface area contributed by atoms with Crippen LogP contribution >= 0.6 is 0 Å². The number of aryl methyl sites for hydroxylation is 2. The number of carbonyl (C=O) groups is 2. The molecule has 2 heterocycles. The van der Waals surface area contributed by atoms with Crippen molar-refractivity contribution in [1.29, 1.82) is 0 Å². The number of rotatable bonds is 4. The van der Waals surface area contributed by atoms with E-state index in [4.69, 9.17) is 4.42 Å². The number of anilines is 1. The van der Waals surface area contributed by atoms with Crippen LogP contribution in [0, 0.1) is 6.92 Å². The minimum absolute atomic E-state index is 0.158. The van der Waals surface area contributed by atoms with Gasteiger partial charge in [0.2, 0.25) is 5.91 Å². The molecule has 2 aromatic rings. The van der Waals surface area contributed by atoms with Crippen LogP contribution in [0.2, 0.25) is 0 Å². The summed E-state index contributed by atoms with van der Waals surface area (Å²) in [7, 11) is 0. The molecule has 0 spiro atoms. The molecule has 0 radical (unpaired) electrons. The standard InChI is InChI=1S/C18H23N3O4/c1-3-15-11(2)12-5-4-6-13(16(12)25-15)20-18(24)21-9-8-19-17(23)14(21)7-10-22/h4-6,14,22H,3,7-10H2,1-2H3,(H,19,23)(H,20,24). The van der Waals surface area contributed by atoms with Crippen LogP contribution in [0.5, 0.6) is 0 Å². The average Bonchev–Trinajstić information content (AvgIpc) is 2.94. The number of nitrogens with one attached hydrogen (secondary N) is 2. The van der Waals surface area contributed by atoms with Crippen LogP contribution in [-0.4, -0.2) is 47.7 Å². The van der Waals surface area contributed by atoms with Crippen LogP contribution in [0.3, 0.4) is 0 Å². The lowest BCUT2D eigenvalue weighted by Crippen LogP contribution is -2.58. The Bertz CT molecular complexity index is 799. The van der Waals surface area contributed by atoms with E-state index in [0.717, 1.165) is 23.1 Å². The molecule has 1 saturated heterocycles. The molecule has 1 aromatic heterocycles. The van der Waals surface area contributed by atoms with Crippen LogP contribution in [-0.2, 0) is 11.2 Å². The van der Waals surface area contributed by atoms with Crippen molar-refractivity contribution >= 4 is 28.6 Å². The Morgan fingerprint density at radius 2 is 2.28 bits per heavy atom. The Morgan fingerprint density at radius 3 is 3.00 bits per heavy atom. The molecular formula is C18H23N3O4. The SMILES string of the molecule is CCc1oc2c(NC(=O)N3CCNC(=O)C3CCO)cccc2c1C. The highest BCUT2D eigenvalue weighted by atomic mass is 16.3. The number of hydrogen-bond acceptors (Lipinski definition) is 4. The van der Waals surface area contributed by atoms with Crippen LogP contribution in [0.4, 0.5) is 10.5 Å². The van der Waals surface area contributed by atoms with Crippen molar-refractivity contribution in [3.8, 4) is 0 Å². The van der Waals surface area contributed by atoms with Crippen molar-refractivity contribution in [3.05, 3.63) is 29.5 Å². The molecule has 0 bridgehead atoms. The minimum atomic E-state index is -0.664. The Hall–Kier alpha value is -2.54. The molecule has 0 saturated carbocycles. The lowest BCUT2D eigenvalue weighted by atomic mass is 10.1. The van der Waals surface area contributed by atoms with E-state index in [0.29, 0.717) is 24.4 Å². The number of piperazine rings is 1. The zero-order chi connectivity index (χ0) is 18.0. The summed E-state index contributed by atoms with van der Waals surface area (Å²) in [6.45, 7) is 4.67. The third-order valence-corrected chi connectivity index (χ3v) is 4.62. The fourth-order valence-electron chi connectivity index (χ4n) is 3.28. The van der Waals surface area contributed by atoms with Gasteiger partial charge in [0.25, 0.3) is 0 Å². The van der Waals surface area contributed by atoms with Crippen LogP contribution in [0.1, 0.15) is 24.7 Å². The molecule has 1 aliphatic rings. The van der Waals surface area contributed by atoms with Gasteiger partial charge in [-0.2, -0.15) is 0 Å². The minimum Gasteiger partial charge on any atom is -0.459 e. The first-order chi connectivity index (χ1) is 12.1. The summed E-state index contributed by atoms with van der Waals surface area (Å²) in [4.78, 5) is 26.2. The highest BCUT2D eigenvalue weighted by Crippen LogP contribution is 2.31. The van der Waals surface area contributed by atoms with Crippen molar-refractivity contribution < 1.29 is 19.1 Å². The van der Waals surface area contributed by atoms with E-state index in [1.165, 1.54) is 4.90 Å². The molecule has 25 heavy (non-hydrogen) atoms. The first-order valence-electron chi connectivity index (χ1n) is 8.54. The summed E-state index contributed by atoms with van der Waals surface area (Å²) in [6.07, 6.45) is 0.988. The van der Waals surface area contributed by atoms with Crippen LogP contribution in [0.25, 0.3) is 11.0 Å². The van der Waals surface area contributed by atoms with Gasteiger partial charge in [0.15, 0.2) is 5.58 Å². The van der Waals surface area contributed by atoms with Crippen molar-refractivity contribution in [2.45, 2.75) is 32.7 Å². The molecule has 1 aromatic carbocycles. The number of benzene rings is 1. The predicted octanol–water partition coefficient (Wildman–Crippen LogP) is 2.02. The van der Waals surface area contributed by atoms with E-state index in [-0.39, 0.29) is 25.0 Å². The smallest absolute Gasteiger partial charge is 0.322 e. The quantitative estimate of drug-likeness (QED) is 0.790. The maximum Gasteiger partial charge on any atom is 0.322 e. The van der Waals surface area contributed by atoms with E-state index in [1.54, 1.807) is 6.07 Å². The Labute approximate surface area is 146 Å². The monoisotopic (exact) mass is 345 g/mol. The summed E-state index contributed by atoms with van der Waals surface area (Å²) in [5, 5.41) is 15.7. The number of hydrogen-bond donors (Lipinski definition) is 3. The van der Waals surface area contributed by atoms with Gasteiger partial charge >= 0.3 is 6.03 Å². The second kappa shape index (κ2) is 7.14. The van der Waals surface area contributed by atoms with Gasteiger partial charge in [-0.1, -0.05) is 19.1 Å². The van der Waals surface area contributed by atoms with E-state index in [2.05, 4.69) is 10.6 Å². The van der Waals surface area contributed by atoms with Gasteiger partial charge in [-0.05, 0) is 25.0 Å². The highest BCUT2D eigenvalue weighted by molar-refractivity contribution is 6.01. The third-order valence-electron chi connectivity index (χ3n) is 4.62. The number of urea groups is 1. The second-order valence-corrected chi connectivity index (χ2v) is 6.13. The number of aliphatic hydroxyl groups is 1. The summed E-state index contributed by atoms with van der Waals surface area (Å²) in [5.41, 5.74) is 2.30. The maximum absolute atomic E-state index is 12.7. The second-order valence-electron chi connectivity index (χ2n) is 6.13. The molecule has 1 fully saturated rings. The highest BCUT2D eigenvalue weighted by Gasteiger charge is 2.32. The number of amides is 3. The number of aliphatic hydroxyl groups excluding tert-OH is 1. The molecule has 7 heteroatoms. The lowest BCUT2D eigenvalue weighted by Gasteiger charge is -2.34. The molecule has 1 atom stereocenters. The van der Waals surface area contributed by atoms with Crippen molar-refractivity contribution in [2.24, 2.45) is 0 Å². The van der Waals surface area contributed by atoms with E-state index >= 15 is 0 Å². The van der Waals surface area contributed by atoms with E-state index in [9.17, 15) is 14.7 Å². The summed E-state index contributed by atoms with van der Waals surface area (Å²) in [5.74, 6) is 0.656. The number of para-hydroxylation sites is 1. The third kappa shape index (κ3) is 3.19. The number of nitrogens with zero attached hydrogens (tertiary/aromatic N) is 1. The summed E-state index contributed by atoms with van der Waals surface area (Å²) in [6, 6.07) is 4.59. The van der Waals surface area contributed by atoms with Gasteiger partial charge in [-0.25, -0.2) is 4.79 Å². The lowest BCUT2D eigenvalue weighted by molar-refractivity contribution is -0.128. The van der Waals surface area contributed by atoms with Crippen molar-refractivity contribution in [3.63, 3.8) is 0 Å². The van der Waals surface area contributed by atoms with Gasteiger partial charge in [-0.3, -0.25) is 4.79 Å². The Balaban J connectivity index is 1.87. The number of carbonyl (C=O) groups excluding carboxylic acids is 2.